The standard InChI is InChI=1S/C16H20N6O2S/c17-16(24)11-4-3-5-12(8-11)18-15(23)10-25-9-14-19-20-21-22(14)13-6-1-2-7-13/h3-5,8,13H,1-2,6-7,9-10H2,(H2,17,24)(H,18,23). The van der Waals surface area contributed by atoms with E-state index in [1.165, 1.54) is 24.6 Å². The van der Waals surface area contributed by atoms with Crippen LogP contribution in [-0.4, -0.2) is 37.8 Å². The molecule has 0 atom stereocenters. The van der Waals surface area contributed by atoms with Crippen molar-refractivity contribution < 1.29 is 9.59 Å². The summed E-state index contributed by atoms with van der Waals surface area (Å²) in [5.41, 5.74) is 6.15. The molecule has 2 amide bonds. The van der Waals surface area contributed by atoms with Crippen LogP contribution in [0.3, 0.4) is 0 Å². The average molecular weight is 360 g/mol. The van der Waals surface area contributed by atoms with Crippen LogP contribution >= 0.6 is 11.8 Å². The van der Waals surface area contributed by atoms with Crippen molar-refractivity contribution in [3.63, 3.8) is 0 Å². The number of thioether (sulfide) groups is 1. The Hall–Kier alpha value is -2.42. The summed E-state index contributed by atoms with van der Waals surface area (Å²) in [6, 6.07) is 6.95. The molecule has 0 bridgehead atoms. The maximum absolute atomic E-state index is 12.1. The lowest BCUT2D eigenvalue weighted by Gasteiger charge is -2.11. The van der Waals surface area contributed by atoms with Crippen molar-refractivity contribution in [3.05, 3.63) is 35.7 Å². The third kappa shape index (κ3) is 4.56. The highest BCUT2D eigenvalue weighted by Crippen LogP contribution is 2.29. The molecule has 8 nitrogen and oxygen atoms in total. The van der Waals surface area contributed by atoms with Gasteiger partial charge in [0, 0.05) is 11.3 Å². The second kappa shape index (κ2) is 8.11. The molecule has 2 aromatic rings. The highest BCUT2D eigenvalue weighted by atomic mass is 32.2. The number of carbonyl (C=O) groups excluding carboxylic acids is 2. The first-order valence-electron chi connectivity index (χ1n) is 8.17. The molecule has 25 heavy (non-hydrogen) atoms. The molecule has 1 fully saturated rings. The lowest BCUT2D eigenvalue weighted by molar-refractivity contribution is -0.113. The molecule has 0 spiro atoms. The number of primary amides is 1. The molecule has 1 saturated carbocycles. The van der Waals surface area contributed by atoms with Gasteiger partial charge in [-0.25, -0.2) is 4.68 Å². The van der Waals surface area contributed by atoms with E-state index in [9.17, 15) is 9.59 Å². The second-order valence-electron chi connectivity index (χ2n) is 5.96. The van der Waals surface area contributed by atoms with Crippen LogP contribution in [0.25, 0.3) is 0 Å². The van der Waals surface area contributed by atoms with Crippen LogP contribution in [0.5, 0.6) is 0 Å². The van der Waals surface area contributed by atoms with Gasteiger partial charge in [0.15, 0.2) is 5.82 Å². The van der Waals surface area contributed by atoms with E-state index in [1.807, 2.05) is 4.68 Å². The van der Waals surface area contributed by atoms with Crippen LogP contribution in [0.4, 0.5) is 5.69 Å². The third-order valence-corrected chi connectivity index (χ3v) is 5.06. The van der Waals surface area contributed by atoms with E-state index in [0.717, 1.165) is 18.7 Å². The molecule has 3 rings (SSSR count). The molecule has 0 aliphatic heterocycles. The van der Waals surface area contributed by atoms with Gasteiger partial charge in [-0.15, -0.1) is 16.9 Å². The summed E-state index contributed by atoms with van der Waals surface area (Å²) >= 11 is 1.45. The zero-order valence-corrected chi connectivity index (χ0v) is 14.5. The first kappa shape index (κ1) is 17.4. The van der Waals surface area contributed by atoms with Crippen LogP contribution in [0.1, 0.15) is 47.9 Å². The molecule has 1 aliphatic carbocycles. The van der Waals surface area contributed by atoms with Crippen molar-refractivity contribution in [1.82, 2.24) is 20.2 Å². The Morgan fingerprint density at radius 1 is 1.32 bits per heavy atom. The minimum Gasteiger partial charge on any atom is -0.366 e. The number of hydrogen-bond donors (Lipinski definition) is 2. The molecule has 1 aromatic heterocycles. The van der Waals surface area contributed by atoms with E-state index < -0.39 is 5.91 Å². The van der Waals surface area contributed by atoms with Gasteiger partial charge in [0.25, 0.3) is 0 Å². The van der Waals surface area contributed by atoms with Gasteiger partial charge in [0.2, 0.25) is 11.8 Å². The summed E-state index contributed by atoms with van der Waals surface area (Å²) in [7, 11) is 0. The number of nitrogens with one attached hydrogen (secondary N) is 1. The van der Waals surface area contributed by atoms with E-state index in [1.54, 1.807) is 24.3 Å². The fourth-order valence-corrected chi connectivity index (χ4v) is 3.65. The Morgan fingerprint density at radius 2 is 2.12 bits per heavy atom. The number of amides is 2. The van der Waals surface area contributed by atoms with Crippen LogP contribution in [0.2, 0.25) is 0 Å². The molecule has 3 N–H and O–H groups in total. The van der Waals surface area contributed by atoms with Gasteiger partial charge in [-0.2, -0.15) is 0 Å². The molecule has 0 radical (unpaired) electrons. The highest BCUT2D eigenvalue weighted by Gasteiger charge is 2.21. The van der Waals surface area contributed by atoms with E-state index in [-0.39, 0.29) is 11.7 Å². The summed E-state index contributed by atoms with van der Waals surface area (Å²) in [6.07, 6.45) is 4.65. The quantitative estimate of drug-likeness (QED) is 0.777. The minimum absolute atomic E-state index is 0.147. The Morgan fingerprint density at radius 3 is 2.88 bits per heavy atom. The Bertz CT molecular complexity index is 757. The number of benzene rings is 1. The van der Waals surface area contributed by atoms with Gasteiger partial charge in [0.1, 0.15) is 0 Å². The molecular formula is C16H20N6O2S. The smallest absolute Gasteiger partial charge is 0.248 e. The molecule has 1 aromatic carbocycles. The largest absolute Gasteiger partial charge is 0.366 e. The number of nitrogens with two attached hydrogens (primary N) is 1. The van der Waals surface area contributed by atoms with Gasteiger partial charge in [0.05, 0.1) is 17.5 Å². The fraction of sp³-hybridized carbons (Fsp3) is 0.438. The molecule has 132 valence electrons. The first-order chi connectivity index (χ1) is 12.1. The van der Waals surface area contributed by atoms with Crippen LogP contribution in [0.15, 0.2) is 24.3 Å². The lowest BCUT2D eigenvalue weighted by Crippen LogP contribution is -2.16. The number of anilines is 1. The highest BCUT2D eigenvalue weighted by molar-refractivity contribution is 7.99. The number of hydrogen-bond acceptors (Lipinski definition) is 6. The van der Waals surface area contributed by atoms with Crippen LogP contribution in [-0.2, 0) is 10.5 Å². The zero-order chi connectivity index (χ0) is 17.6. The minimum atomic E-state index is -0.524. The normalized spacial score (nSPS) is 14.6. The summed E-state index contributed by atoms with van der Waals surface area (Å²) in [5, 5.41) is 14.7. The van der Waals surface area contributed by atoms with Gasteiger partial charge >= 0.3 is 0 Å². The number of nitrogens with zero attached hydrogens (tertiary/aromatic N) is 4. The maximum Gasteiger partial charge on any atom is 0.248 e. The molecule has 9 heteroatoms. The van der Waals surface area contributed by atoms with Gasteiger partial charge in [-0.3, -0.25) is 9.59 Å². The van der Waals surface area contributed by atoms with Crippen LogP contribution in [0, 0.1) is 0 Å². The van der Waals surface area contributed by atoms with E-state index in [0.29, 0.717) is 23.0 Å². The van der Waals surface area contributed by atoms with Gasteiger partial charge in [-0.1, -0.05) is 18.9 Å². The van der Waals surface area contributed by atoms with Crippen molar-refractivity contribution >= 4 is 29.3 Å². The first-order valence-corrected chi connectivity index (χ1v) is 9.33. The van der Waals surface area contributed by atoms with Gasteiger partial charge < -0.3 is 11.1 Å². The van der Waals surface area contributed by atoms with Gasteiger partial charge in [-0.05, 0) is 41.5 Å². The van der Waals surface area contributed by atoms with Crippen molar-refractivity contribution in [1.29, 1.82) is 0 Å². The van der Waals surface area contributed by atoms with Crippen molar-refractivity contribution in [2.24, 2.45) is 5.73 Å². The Labute approximate surface area is 149 Å². The maximum atomic E-state index is 12.1. The molecule has 1 aliphatic rings. The van der Waals surface area contributed by atoms with Crippen molar-refractivity contribution in [2.45, 2.75) is 37.5 Å². The molecule has 0 unspecified atom stereocenters. The zero-order valence-electron chi connectivity index (χ0n) is 13.7. The molecular weight excluding hydrogens is 340 g/mol. The SMILES string of the molecule is NC(=O)c1cccc(NC(=O)CSCc2nnnn2C2CCCC2)c1. The van der Waals surface area contributed by atoms with E-state index in [4.69, 9.17) is 5.73 Å². The van der Waals surface area contributed by atoms with E-state index >= 15 is 0 Å². The summed E-state index contributed by atoms with van der Waals surface area (Å²) in [5.74, 6) is 0.993. The van der Waals surface area contributed by atoms with Crippen LogP contribution < -0.4 is 11.1 Å². The number of aromatic nitrogens is 4. The number of tetrazole rings is 1. The number of rotatable bonds is 7. The lowest BCUT2D eigenvalue weighted by atomic mass is 10.2. The Balaban J connectivity index is 1.49. The topological polar surface area (TPSA) is 116 Å². The number of carbonyl (C=O) groups is 2. The Kier molecular flexibility index (Phi) is 5.64. The van der Waals surface area contributed by atoms with Crippen molar-refractivity contribution in [2.75, 3.05) is 11.1 Å². The summed E-state index contributed by atoms with van der Waals surface area (Å²) < 4.78 is 1.90. The van der Waals surface area contributed by atoms with Crippen molar-refractivity contribution in [3.8, 4) is 0 Å². The predicted molar refractivity (Wildman–Crippen MR) is 95.1 cm³/mol. The third-order valence-electron chi connectivity index (χ3n) is 4.13. The fourth-order valence-electron chi connectivity index (χ4n) is 2.92. The second-order valence-corrected chi connectivity index (χ2v) is 6.95. The molecule has 0 saturated heterocycles. The molecule has 1 heterocycles. The summed E-state index contributed by atoms with van der Waals surface area (Å²) in [4.78, 5) is 23.2. The monoisotopic (exact) mass is 360 g/mol. The predicted octanol–water partition coefficient (Wildman–Crippen LogP) is 1.76. The summed E-state index contributed by atoms with van der Waals surface area (Å²) in [6.45, 7) is 0. The van der Waals surface area contributed by atoms with E-state index in [2.05, 4.69) is 20.8 Å². The average Bonchev–Trinajstić information content (AvgIpc) is 3.26.